The van der Waals surface area contributed by atoms with Gasteiger partial charge < -0.3 is 10.6 Å². The van der Waals surface area contributed by atoms with Crippen molar-refractivity contribution in [2.75, 3.05) is 13.1 Å². The largest absolute Gasteiger partial charge is 0.380 e. The molecule has 0 spiro atoms. The van der Waals surface area contributed by atoms with E-state index in [1.165, 1.54) is 0 Å². The second-order valence-electron chi connectivity index (χ2n) is 3.94. The Hall–Kier alpha value is -2.36. The van der Waals surface area contributed by atoms with Gasteiger partial charge >= 0.3 is 0 Å². The highest BCUT2D eigenvalue weighted by Crippen LogP contribution is 2.02. The van der Waals surface area contributed by atoms with Crippen molar-refractivity contribution >= 4 is 11.4 Å². The summed E-state index contributed by atoms with van der Waals surface area (Å²) in [6, 6.07) is 0. The molecule has 4 N–H and O–H groups in total. The minimum Gasteiger partial charge on any atom is -0.380 e. The van der Waals surface area contributed by atoms with E-state index in [0.717, 1.165) is 24.5 Å². The van der Waals surface area contributed by atoms with E-state index in [1.807, 2.05) is 36.5 Å². The first-order valence-electron chi connectivity index (χ1n) is 5.84. The molecule has 18 heavy (non-hydrogen) atoms. The predicted octanol–water partition coefficient (Wildman–Crippen LogP) is 1.67. The Bertz CT molecular complexity index is 458. The van der Waals surface area contributed by atoms with Crippen LogP contribution < -0.4 is 10.6 Å². The highest BCUT2D eigenvalue weighted by atomic mass is 14.9. The van der Waals surface area contributed by atoms with E-state index >= 15 is 0 Å². The Morgan fingerprint density at radius 2 is 1.33 bits per heavy atom. The van der Waals surface area contributed by atoms with Gasteiger partial charge in [0.25, 0.3) is 0 Å². The van der Waals surface area contributed by atoms with Crippen LogP contribution in [0.2, 0.25) is 0 Å². The molecule has 2 heterocycles. The molecule has 0 radical (unpaired) electrons. The molecule has 0 aromatic heterocycles. The summed E-state index contributed by atoms with van der Waals surface area (Å²) in [5.74, 6) is 0. The Balaban J connectivity index is 1.98. The fourth-order valence-electron chi connectivity index (χ4n) is 1.64. The van der Waals surface area contributed by atoms with Crippen LogP contribution in [0, 0.1) is 10.8 Å². The maximum atomic E-state index is 7.89. The zero-order valence-corrected chi connectivity index (χ0v) is 10.0. The molecule has 0 amide bonds. The third-order valence-corrected chi connectivity index (χ3v) is 2.62. The van der Waals surface area contributed by atoms with Crippen LogP contribution in [0.1, 0.15) is 0 Å². The van der Waals surface area contributed by atoms with E-state index < -0.39 is 0 Å². The van der Waals surface area contributed by atoms with Crippen molar-refractivity contribution in [1.82, 2.24) is 10.6 Å². The van der Waals surface area contributed by atoms with Crippen LogP contribution in [-0.4, -0.2) is 24.5 Å². The first-order valence-corrected chi connectivity index (χ1v) is 5.84. The number of rotatable bonds is 4. The lowest BCUT2D eigenvalue weighted by Crippen LogP contribution is -2.22. The Kier molecular flexibility index (Phi) is 3.91. The van der Waals surface area contributed by atoms with Gasteiger partial charge in [0.05, 0.1) is 22.8 Å². The van der Waals surface area contributed by atoms with Crippen molar-refractivity contribution in [2.24, 2.45) is 0 Å². The van der Waals surface area contributed by atoms with Crippen molar-refractivity contribution in [3.8, 4) is 0 Å². The molecule has 4 nitrogen and oxygen atoms in total. The zero-order chi connectivity index (χ0) is 12.8. The lowest BCUT2D eigenvalue weighted by Gasteiger charge is -2.12. The highest BCUT2D eigenvalue weighted by Gasteiger charge is 2.05. The van der Waals surface area contributed by atoms with Gasteiger partial charge in [0, 0.05) is 13.1 Å². The van der Waals surface area contributed by atoms with Crippen LogP contribution in [0.15, 0.2) is 60.0 Å². The number of allylic oxidation sites excluding steroid dienone is 6. The number of hydrogen-bond acceptors (Lipinski definition) is 4. The lowest BCUT2D eigenvalue weighted by molar-refractivity contribution is 0.933. The summed E-state index contributed by atoms with van der Waals surface area (Å²) >= 11 is 0. The van der Waals surface area contributed by atoms with Crippen molar-refractivity contribution in [1.29, 1.82) is 10.8 Å². The highest BCUT2D eigenvalue weighted by molar-refractivity contribution is 6.13. The fourth-order valence-corrected chi connectivity index (χ4v) is 1.64. The van der Waals surface area contributed by atoms with Crippen LogP contribution in [0.4, 0.5) is 0 Å². The summed E-state index contributed by atoms with van der Waals surface area (Å²) in [6.45, 7) is 1.49. The molecule has 2 aliphatic heterocycles. The molecule has 0 aliphatic carbocycles. The zero-order valence-electron chi connectivity index (χ0n) is 10.0. The Labute approximate surface area is 106 Å². The molecule has 0 unspecified atom stereocenters. The minimum atomic E-state index is 0.385. The van der Waals surface area contributed by atoms with E-state index in [2.05, 4.69) is 10.6 Å². The van der Waals surface area contributed by atoms with Gasteiger partial charge in [-0.3, -0.25) is 10.8 Å². The average molecular weight is 240 g/mol. The van der Waals surface area contributed by atoms with Gasteiger partial charge in [0.1, 0.15) is 0 Å². The topological polar surface area (TPSA) is 71.8 Å². The summed E-state index contributed by atoms with van der Waals surface area (Å²) in [5, 5.41) is 22.0. The second-order valence-corrected chi connectivity index (χ2v) is 3.94. The van der Waals surface area contributed by atoms with Crippen LogP contribution in [0.25, 0.3) is 0 Å². The third-order valence-electron chi connectivity index (χ3n) is 2.62. The van der Waals surface area contributed by atoms with E-state index in [0.29, 0.717) is 11.4 Å². The standard InChI is InChI=1S/C14H16N4/c15-11(13-5-1-3-9-17-13)7-8-12(16)14-6-2-4-10-18-14/h1-8,15-18H,9-10H2/b8-7-,15-11?,16-12?. The lowest BCUT2D eigenvalue weighted by atomic mass is 10.1. The van der Waals surface area contributed by atoms with Crippen LogP contribution in [0.3, 0.4) is 0 Å². The molecular formula is C14H16N4. The summed E-state index contributed by atoms with van der Waals surface area (Å²) in [4.78, 5) is 0. The molecule has 92 valence electrons. The second kappa shape index (κ2) is 5.82. The van der Waals surface area contributed by atoms with E-state index in [1.54, 1.807) is 12.2 Å². The molecule has 2 aliphatic rings. The molecule has 2 rings (SSSR count). The molecule has 0 saturated carbocycles. The number of dihydropyridines is 2. The monoisotopic (exact) mass is 240 g/mol. The molecule has 0 aromatic carbocycles. The van der Waals surface area contributed by atoms with Gasteiger partial charge in [0.2, 0.25) is 0 Å². The maximum Gasteiger partial charge on any atom is 0.0772 e. The SMILES string of the molecule is N=C(/C=C\C(=N)C1=CC=CCN1)C1=CC=CCN1. The molecule has 4 heteroatoms. The molecule has 0 fully saturated rings. The molecule has 0 atom stereocenters. The Morgan fingerprint density at radius 3 is 1.67 bits per heavy atom. The minimum absolute atomic E-state index is 0.385. The van der Waals surface area contributed by atoms with Crippen molar-refractivity contribution in [3.05, 3.63) is 60.0 Å². The number of nitrogens with one attached hydrogen (secondary N) is 4. The van der Waals surface area contributed by atoms with Crippen LogP contribution in [0.5, 0.6) is 0 Å². The van der Waals surface area contributed by atoms with Crippen LogP contribution in [-0.2, 0) is 0 Å². The molecule has 0 saturated heterocycles. The van der Waals surface area contributed by atoms with E-state index in [4.69, 9.17) is 10.8 Å². The molecular weight excluding hydrogens is 224 g/mol. The summed E-state index contributed by atoms with van der Waals surface area (Å²) < 4.78 is 0. The van der Waals surface area contributed by atoms with E-state index in [9.17, 15) is 0 Å². The first kappa shape index (κ1) is 12.1. The van der Waals surface area contributed by atoms with Crippen molar-refractivity contribution in [2.45, 2.75) is 0 Å². The van der Waals surface area contributed by atoms with Gasteiger partial charge in [0.15, 0.2) is 0 Å². The average Bonchev–Trinajstić information content (AvgIpc) is 2.46. The van der Waals surface area contributed by atoms with Gasteiger partial charge in [-0.05, 0) is 24.3 Å². The quantitative estimate of drug-likeness (QED) is 0.564. The predicted molar refractivity (Wildman–Crippen MR) is 75.0 cm³/mol. The van der Waals surface area contributed by atoms with Crippen molar-refractivity contribution < 1.29 is 0 Å². The number of hydrogen-bond donors (Lipinski definition) is 4. The van der Waals surface area contributed by atoms with Gasteiger partial charge in [-0.1, -0.05) is 24.3 Å². The fraction of sp³-hybridized carbons (Fsp3) is 0.143. The van der Waals surface area contributed by atoms with Gasteiger partial charge in [-0.15, -0.1) is 0 Å². The summed E-state index contributed by atoms with van der Waals surface area (Å²) in [5.41, 5.74) is 2.34. The van der Waals surface area contributed by atoms with Gasteiger partial charge in [-0.25, -0.2) is 0 Å². The third kappa shape index (κ3) is 3.07. The maximum absolute atomic E-state index is 7.89. The smallest absolute Gasteiger partial charge is 0.0772 e. The normalized spacial score (nSPS) is 17.8. The van der Waals surface area contributed by atoms with Gasteiger partial charge in [-0.2, -0.15) is 0 Å². The summed E-state index contributed by atoms with van der Waals surface area (Å²) in [6.07, 6.45) is 14.8. The van der Waals surface area contributed by atoms with Crippen molar-refractivity contribution in [3.63, 3.8) is 0 Å². The van der Waals surface area contributed by atoms with Crippen LogP contribution >= 0.6 is 0 Å². The molecule has 0 aromatic rings. The Morgan fingerprint density at radius 1 is 0.889 bits per heavy atom. The summed E-state index contributed by atoms with van der Waals surface area (Å²) in [7, 11) is 0. The van der Waals surface area contributed by atoms with E-state index in [-0.39, 0.29) is 0 Å². The molecule has 0 bridgehead atoms. The first-order chi connectivity index (χ1) is 8.77.